The maximum absolute atomic E-state index is 13.7. The number of halogens is 1. The Kier molecular flexibility index (Phi) is 5.15. The molecule has 1 unspecified atom stereocenters. The number of para-hydroxylation sites is 1. The maximum atomic E-state index is 13.7. The summed E-state index contributed by atoms with van der Waals surface area (Å²) in [5.74, 6) is -1.14. The molecule has 1 heterocycles. The summed E-state index contributed by atoms with van der Waals surface area (Å²) in [4.78, 5) is 13.0. The van der Waals surface area contributed by atoms with E-state index in [1.54, 1.807) is 19.9 Å². The molecule has 22 heavy (non-hydrogen) atoms. The molecule has 0 aliphatic heterocycles. The number of hydrogen-bond donors (Lipinski definition) is 2. The number of thiophene rings is 1. The van der Waals surface area contributed by atoms with Crippen LogP contribution in [0.2, 0.25) is 0 Å². The Labute approximate surface area is 132 Å². The Balaban J connectivity index is 2.12. The second kappa shape index (κ2) is 6.89. The van der Waals surface area contributed by atoms with Crippen molar-refractivity contribution in [1.82, 2.24) is 5.32 Å². The minimum Gasteiger partial charge on any atom is -0.490 e. The van der Waals surface area contributed by atoms with E-state index in [1.165, 1.54) is 29.5 Å². The quantitative estimate of drug-likeness (QED) is 0.859. The molecule has 0 aliphatic rings. The smallest absolute Gasteiger partial charge is 0.255 e. The molecule has 0 spiro atoms. The zero-order valence-corrected chi connectivity index (χ0v) is 13.2. The first-order chi connectivity index (χ1) is 10.5. The van der Waals surface area contributed by atoms with Gasteiger partial charge in [-0.15, -0.1) is 11.3 Å². The number of carbonyl (C=O) groups is 1. The van der Waals surface area contributed by atoms with Crippen molar-refractivity contribution in [2.75, 3.05) is 13.2 Å². The molecule has 0 saturated carbocycles. The fourth-order valence-corrected chi connectivity index (χ4v) is 2.79. The molecular formula is C16H18FNO3S. The predicted octanol–water partition coefficient (Wildman–Crippen LogP) is 2.92. The second-order valence-corrected chi connectivity index (χ2v) is 5.93. The summed E-state index contributed by atoms with van der Waals surface area (Å²) in [5, 5.41) is 14.9. The van der Waals surface area contributed by atoms with E-state index >= 15 is 0 Å². The molecule has 2 N–H and O–H groups in total. The normalized spacial score (nSPS) is 13.5. The number of amides is 1. The lowest BCUT2D eigenvalue weighted by atomic mass is 10.0. The summed E-state index contributed by atoms with van der Waals surface area (Å²) in [7, 11) is 0. The van der Waals surface area contributed by atoms with E-state index in [0.29, 0.717) is 0 Å². The van der Waals surface area contributed by atoms with Crippen LogP contribution in [0.15, 0.2) is 35.7 Å². The number of benzene rings is 1. The van der Waals surface area contributed by atoms with Gasteiger partial charge in [-0.05, 0) is 37.4 Å². The first kappa shape index (κ1) is 16.5. The fourth-order valence-electron chi connectivity index (χ4n) is 2.00. The molecule has 0 radical (unpaired) electrons. The van der Waals surface area contributed by atoms with E-state index in [0.717, 1.165) is 4.88 Å². The number of nitrogens with one attached hydrogen (secondary N) is 1. The third-order valence-electron chi connectivity index (χ3n) is 3.15. The van der Waals surface area contributed by atoms with Gasteiger partial charge in [0.25, 0.3) is 5.91 Å². The Morgan fingerprint density at radius 2 is 2.18 bits per heavy atom. The molecule has 0 saturated heterocycles. The summed E-state index contributed by atoms with van der Waals surface area (Å²) >= 11 is 1.41. The van der Waals surface area contributed by atoms with Gasteiger partial charge in [0.1, 0.15) is 5.60 Å². The maximum Gasteiger partial charge on any atom is 0.255 e. The topological polar surface area (TPSA) is 58.6 Å². The second-order valence-electron chi connectivity index (χ2n) is 4.98. The monoisotopic (exact) mass is 323 g/mol. The SMILES string of the molecule is CCOc1c(F)cccc1C(=O)NCC(C)(O)c1cccs1. The first-order valence-electron chi connectivity index (χ1n) is 6.91. The average Bonchev–Trinajstić information content (AvgIpc) is 3.02. The number of ether oxygens (including phenoxy) is 1. The molecule has 1 amide bonds. The number of carbonyl (C=O) groups excluding carboxylic acids is 1. The van der Waals surface area contributed by atoms with Crippen molar-refractivity contribution in [2.24, 2.45) is 0 Å². The summed E-state index contributed by atoms with van der Waals surface area (Å²) in [6, 6.07) is 7.80. The van der Waals surface area contributed by atoms with Crippen molar-refractivity contribution in [2.45, 2.75) is 19.4 Å². The van der Waals surface area contributed by atoms with Crippen LogP contribution in [0, 0.1) is 5.82 Å². The lowest BCUT2D eigenvalue weighted by molar-refractivity contribution is 0.0555. The van der Waals surface area contributed by atoms with Crippen LogP contribution in [0.25, 0.3) is 0 Å². The van der Waals surface area contributed by atoms with Gasteiger partial charge in [-0.2, -0.15) is 0 Å². The van der Waals surface area contributed by atoms with Gasteiger partial charge in [-0.3, -0.25) is 4.79 Å². The number of aliphatic hydroxyl groups is 1. The van der Waals surface area contributed by atoms with Gasteiger partial charge in [-0.25, -0.2) is 4.39 Å². The molecule has 4 nitrogen and oxygen atoms in total. The van der Waals surface area contributed by atoms with Crippen LogP contribution in [-0.4, -0.2) is 24.2 Å². The molecule has 2 aromatic rings. The van der Waals surface area contributed by atoms with Crippen LogP contribution in [0.5, 0.6) is 5.75 Å². The predicted molar refractivity (Wildman–Crippen MR) is 83.8 cm³/mol. The minimum atomic E-state index is -1.18. The Bertz CT molecular complexity index is 641. The largest absolute Gasteiger partial charge is 0.490 e. The van der Waals surface area contributed by atoms with Gasteiger partial charge in [0, 0.05) is 4.88 Å². The molecule has 1 aromatic heterocycles. The Hall–Kier alpha value is -1.92. The van der Waals surface area contributed by atoms with Crippen LogP contribution in [0.1, 0.15) is 29.1 Å². The van der Waals surface area contributed by atoms with Gasteiger partial charge < -0.3 is 15.2 Å². The van der Waals surface area contributed by atoms with Crippen molar-refractivity contribution in [3.8, 4) is 5.75 Å². The van der Waals surface area contributed by atoms with E-state index in [9.17, 15) is 14.3 Å². The summed E-state index contributed by atoms with van der Waals surface area (Å²) in [5.41, 5.74) is -1.06. The van der Waals surface area contributed by atoms with Crippen molar-refractivity contribution < 1.29 is 19.0 Å². The molecule has 1 atom stereocenters. The summed E-state index contributed by atoms with van der Waals surface area (Å²) in [6.07, 6.45) is 0. The summed E-state index contributed by atoms with van der Waals surface area (Å²) < 4.78 is 18.9. The average molecular weight is 323 g/mol. The van der Waals surface area contributed by atoms with E-state index in [2.05, 4.69) is 5.32 Å². The van der Waals surface area contributed by atoms with Gasteiger partial charge in [-0.1, -0.05) is 12.1 Å². The molecule has 0 aliphatic carbocycles. The van der Waals surface area contributed by atoms with Gasteiger partial charge in [0.15, 0.2) is 11.6 Å². The van der Waals surface area contributed by atoms with Gasteiger partial charge >= 0.3 is 0 Å². The third kappa shape index (κ3) is 3.64. The van der Waals surface area contributed by atoms with Crippen LogP contribution >= 0.6 is 11.3 Å². The lowest BCUT2D eigenvalue weighted by Gasteiger charge is -2.22. The van der Waals surface area contributed by atoms with E-state index in [4.69, 9.17) is 4.74 Å². The van der Waals surface area contributed by atoms with Crippen molar-refractivity contribution in [3.05, 3.63) is 52.0 Å². The third-order valence-corrected chi connectivity index (χ3v) is 4.27. The molecule has 1 aromatic carbocycles. The Morgan fingerprint density at radius 1 is 1.41 bits per heavy atom. The van der Waals surface area contributed by atoms with Crippen molar-refractivity contribution >= 4 is 17.2 Å². The highest BCUT2D eigenvalue weighted by molar-refractivity contribution is 7.10. The van der Waals surface area contributed by atoms with Crippen molar-refractivity contribution in [1.29, 1.82) is 0 Å². The fraction of sp³-hybridized carbons (Fsp3) is 0.312. The van der Waals surface area contributed by atoms with Crippen LogP contribution in [0.3, 0.4) is 0 Å². The standard InChI is InChI=1S/C16H18FNO3S/c1-3-21-14-11(6-4-7-12(14)17)15(19)18-10-16(2,20)13-8-5-9-22-13/h4-9,20H,3,10H2,1-2H3,(H,18,19). The lowest BCUT2D eigenvalue weighted by Crippen LogP contribution is -2.38. The van der Waals surface area contributed by atoms with Crippen LogP contribution in [0.4, 0.5) is 4.39 Å². The highest BCUT2D eigenvalue weighted by atomic mass is 32.1. The zero-order valence-electron chi connectivity index (χ0n) is 12.4. The van der Waals surface area contributed by atoms with E-state index in [-0.39, 0.29) is 24.5 Å². The van der Waals surface area contributed by atoms with E-state index < -0.39 is 17.3 Å². The van der Waals surface area contributed by atoms with E-state index in [1.807, 2.05) is 11.4 Å². The number of hydrogen-bond acceptors (Lipinski definition) is 4. The molecule has 2 rings (SSSR count). The molecule has 0 fully saturated rings. The molecule has 0 bridgehead atoms. The first-order valence-corrected chi connectivity index (χ1v) is 7.79. The van der Waals surface area contributed by atoms with Gasteiger partial charge in [0.05, 0.1) is 18.7 Å². The van der Waals surface area contributed by atoms with Crippen LogP contribution in [-0.2, 0) is 5.60 Å². The molecular weight excluding hydrogens is 305 g/mol. The summed E-state index contributed by atoms with van der Waals surface area (Å²) in [6.45, 7) is 3.62. The highest BCUT2D eigenvalue weighted by Gasteiger charge is 2.26. The number of rotatable bonds is 6. The minimum absolute atomic E-state index is 0.0222. The zero-order chi connectivity index (χ0) is 16.2. The molecule has 118 valence electrons. The van der Waals surface area contributed by atoms with Crippen molar-refractivity contribution in [3.63, 3.8) is 0 Å². The highest BCUT2D eigenvalue weighted by Crippen LogP contribution is 2.26. The van der Waals surface area contributed by atoms with Crippen LogP contribution < -0.4 is 10.1 Å². The molecule has 6 heteroatoms. The van der Waals surface area contributed by atoms with Gasteiger partial charge in [0.2, 0.25) is 0 Å². The Morgan fingerprint density at radius 3 is 2.82 bits per heavy atom.